The van der Waals surface area contributed by atoms with Gasteiger partial charge in [0.1, 0.15) is 5.69 Å². The fourth-order valence-corrected chi connectivity index (χ4v) is 2.35. The summed E-state index contributed by atoms with van der Waals surface area (Å²) in [6.07, 6.45) is 0. The molecule has 0 bridgehead atoms. The summed E-state index contributed by atoms with van der Waals surface area (Å²) >= 11 is 0. The van der Waals surface area contributed by atoms with Gasteiger partial charge in [-0.3, -0.25) is 9.89 Å². The molecule has 6 nitrogen and oxygen atoms in total. The molecule has 1 aromatic heterocycles. The molecule has 1 amide bonds. The van der Waals surface area contributed by atoms with Crippen molar-refractivity contribution in [3.05, 3.63) is 77.5 Å². The molecule has 1 heterocycles. The number of esters is 1. The third-order valence-electron chi connectivity index (χ3n) is 3.72. The Balaban J connectivity index is 1.61. The van der Waals surface area contributed by atoms with Gasteiger partial charge in [-0.2, -0.15) is 5.10 Å². The Kier molecular flexibility index (Phi) is 4.89. The van der Waals surface area contributed by atoms with Gasteiger partial charge in [0.25, 0.3) is 5.91 Å². The largest absolute Gasteiger partial charge is 0.465 e. The van der Waals surface area contributed by atoms with Crippen LogP contribution in [0.3, 0.4) is 0 Å². The fourth-order valence-electron chi connectivity index (χ4n) is 2.35. The highest BCUT2D eigenvalue weighted by molar-refractivity contribution is 5.93. The van der Waals surface area contributed by atoms with Gasteiger partial charge in [-0.25, -0.2) is 4.79 Å². The van der Waals surface area contributed by atoms with Gasteiger partial charge in [0.05, 0.1) is 18.4 Å². The molecule has 0 saturated heterocycles. The second kappa shape index (κ2) is 7.44. The van der Waals surface area contributed by atoms with Crippen LogP contribution in [0, 0.1) is 0 Å². The van der Waals surface area contributed by atoms with E-state index >= 15 is 0 Å². The SMILES string of the molecule is COC(=O)c1ccc(CNC(=O)c2cc(-c3ccccc3)n[nH]2)cc1. The number of H-pyrrole nitrogens is 1. The Morgan fingerprint density at radius 1 is 1.08 bits per heavy atom. The Labute approximate surface area is 144 Å². The lowest BCUT2D eigenvalue weighted by molar-refractivity contribution is 0.0600. The number of rotatable bonds is 5. The van der Waals surface area contributed by atoms with E-state index in [0.717, 1.165) is 11.1 Å². The van der Waals surface area contributed by atoms with E-state index in [1.165, 1.54) is 7.11 Å². The van der Waals surface area contributed by atoms with Gasteiger partial charge in [-0.15, -0.1) is 0 Å². The number of hydrogen-bond acceptors (Lipinski definition) is 4. The minimum atomic E-state index is -0.388. The topological polar surface area (TPSA) is 84.1 Å². The van der Waals surface area contributed by atoms with Crippen molar-refractivity contribution in [2.45, 2.75) is 6.54 Å². The van der Waals surface area contributed by atoms with Crippen LogP contribution in [0.25, 0.3) is 11.3 Å². The van der Waals surface area contributed by atoms with Crippen LogP contribution < -0.4 is 5.32 Å². The minimum Gasteiger partial charge on any atom is -0.465 e. The maximum Gasteiger partial charge on any atom is 0.337 e. The summed E-state index contributed by atoms with van der Waals surface area (Å²) in [7, 11) is 1.34. The van der Waals surface area contributed by atoms with Crippen LogP contribution in [0.4, 0.5) is 0 Å². The first-order chi connectivity index (χ1) is 12.2. The van der Waals surface area contributed by atoms with Crippen molar-refractivity contribution in [2.75, 3.05) is 7.11 Å². The quantitative estimate of drug-likeness (QED) is 0.702. The van der Waals surface area contributed by atoms with E-state index in [2.05, 4.69) is 20.3 Å². The molecule has 0 aliphatic rings. The molecule has 25 heavy (non-hydrogen) atoms. The zero-order valence-corrected chi connectivity index (χ0v) is 13.7. The summed E-state index contributed by atoms with van der Waals surface area (Å²) in [4.78, 5) is 23.6. The number of nitrogens with one attached hydrogen (secondary N) is 2. The summed E-state index contributed by atoms with van der Waals surface area (Å²) in [5.41, 5.74) is 3.40. The van der Waals surface area contributed by atoms with E-state index in [1.807, 2.05) is 30.3 Å². The average molecular weight is 335 g/mol. The third kappa shape index (κ3) is 3.92. The number of aromatic nitrogens is 2. The van der Waals surface area contributed by atoms with E-state index < -0.39 is 0 Å². The predicted molar refractivity (Wildman–Crippen MR) is 93.0 cm³/mol. The number of hydrogen-bond donors (Lipinski definition) is 2. The molecule has 0 fully saturated rings. The molecule has 6 heteroatoms. The number of nitrogens with zero attached hydrogens (tertiary/aromatic N) is 1. The smallest absolute Gasteiger partial charge is 0.337 e. The fraction of sp³-hybridized carbons (Fsp3) is 0.105. The zero-order valence-electron chi connectivity index (χ0n) is 13.7. The van der Waals surface area contributed by atoms with Gasteiger partial charge < -0.3 is 10.1 Å². The van der Waals surface area contributed by atoms with Crippen LogP contribution >= 0.6 is 0 Å². The van der Waals surface area contributed by atoms with E-state index in [0.29, 0.717) is 23.5 Å². The lowest BCUT2D eigenvalue weighted by Gasteiger charge is -2.05. The summed E-state index contributed by atoms with van der Waals surface area (Å²) in [5.74, 6) is -0.631. The molecule has 0 aliphatic carbocycles. The minimum absolute atomic E-state index is 0.244. The number of amides is 1. The van der Waals surface area contributed by atoms with Crippen molar-refractivity contribution in [2.24, 2.45) is 0 Å². The number of ether oxygens (including phenoxy) is 1. The van der Waals surface area contributed by atoms with Gasteiger partial charge >= 0.3 is 5.97 Å². The first kappa shape index (κ1) is 16.4. The molecule has 126 valence electrons. The second-order valence-electron chi connectivity index (χ2n) is 5.40. The normalized spacial score (nSPS) is 10.3. The van der Waals surface area contributed by atoms with Crippen LogP contribution in [-0.2, 0) is 11.3 Å². The van der Waals surface area contributed by atoms with Crippen molar-refractivity contribution in [3.63, 3.8) is 0 Å². The standard InChI is InChI=1S/C19H17N3O3/c1-25-19(24)15-9-7-13(8-10-15)12-20-18(23)17-11-16(21-22-17)14-5-3-2-4-6-14/h2-11H,12H2,1H3,(H,20,23)(H,21,22). The van der Waals surface area contributed by atoms with Gasteiger partial charge in [-0.05, 0) is 23.8 Å². The van der Waals surface area contributed by atoms with E-state index in [9.17, 15) is 9.59 Å². The van der Waals surface area contributed by atoms with Crippen molar-refractivity contribution >= 4 is 11.9 Å². The summed E-state index contributed by atoms with van der Waals surface area (Å²) in [6.45, 7) is 0.347. The highest BCUT2D eigenvalue weighted by atomic mass is 16.5. The number of carbonyl (C=O) groups is 2. The summed E-state index contributed by atoms with van der Waals surface area (Å²) in [5, 5.41) is 9.73. The Bertz CT molecular complexity index is 870. The molecule has 0 aliphatic heterocycles. The van der Waals surface area contributed by atoms with Gasteiger partial charge in [-0.1, -0.05) is 42.5 Å². The molecule has 0 atom stereocenters. The number of benzene rings is 2. The van der Waals surface area contributed by atoms with E-state index in [4.69, 9.17) is 0 Å². The monoisotopic (exact) mass is 335 g/mol. The maximum atomic E-state index is 12.2. The third-order valence-corrected chi connectivity index (χ3v) is 3.72. The van der Waals surface area contributed by atoms with Gasteiger partial charge in [0.15, 0.2) is 0 Å². The van der Waals surface area contributed by atoms with Crippen LogP contribution in [0.2, 0.25) is 0 Å². The molecule has 0 spiro atoms. The van der Waals surface area contributed by atoms with Gasteiger partial charge in [0, 0.05) is 12.1 Å². The Morgan fingerprint density at radius 2 is 1.80 bits per heavy atom. The van der Waals surface area contributed by atoms with Crippen molar-refractivity contribution in [1.29, 1.82) is 0 Å². The molecule has 3 rings (SSSR count). The zero-order chi connectivity index (χ0) is 17.6. The van der Waals surface area contributed by atoms with Crippen molar-refractivity contribution in [3.8, 4) is 11.3 Å². The predicted octanol–water partition coefficient (Wildman–Crippen LogP) is 2.79. The van der Waals surface area contributed by atoms with Crippen LogP contribution in [0.5, 0.6) is 0 Å². The first-order valence-corrected chi connectivity index (χ1v) is 7.73. The second-order valence-corrected chi connectivity index (χ2v) is 5.40. The van der Waals surface area contributed by atoms with Crippen LogP contribution in [0.15, 0.2) is 60.7 Å². The Morgan fingerprint density at radius 3 is 2.48 bits per heavy atom. The summed E-state index contributed by atoms with van der Waals surface area (Å²) in [6, 6.07) is 18.2. The number of methoxy groups -OCH3 is 1. The van der Waals surface area contributed by atoms with E-state index in [1.54, 1.807) is 30.3 Å². The average Bonchev–Trinajstić information content (AvgIpc) is 3.17. The van der Waals surface area contributed by atoms with Crippen LogP contribution in [-0.4, -0.2) is 29.2 Å². The van der Waals surface area contributed by atoms with Crippen molar-refractivity contribution in [1.82, 2.24) is 15.5 Å². The maximum absolute atomic E-state index is 12.2. The highest BCUT2D eigenvalue weighted by Crippen LogP contribution is 2.16. The molecule has 0 saturated carbocycles. The van der Waals surface area contributed by atoms with Crippen LogP contribution in [0.1, 0.15) is 26.4 Å². The highest BCUT2D eigenvalue weighted by Gasteiger charge is 2.11. The lowest BCUT2D eigenvalue weighted by atomic mass is 10.1. The lowest BCUT2D eigenvalue weighted by Crippen LogP contribution is -2.23. The number of aromatic amines is 1. The molecular weight excluding hydrogens is 318 g/mol. The molecule has 0 radical (unpaired) electrons. The van der Waals surface area contributed by atoms with Gasteiger partial charge in [0.2, 0.25) is 0 Å². The molecule has 0 unspecified atom stereocenters. The summed E-state index contributed by atoms with van der Waals surface area (Å²) < 4.78 is 4.65. The number of carbonyl (C=O) groups excluding carboxylic acids is 2. The first-order valence-electron chi connectivity index (χ1n) is 7.73. The molecular formula is C19H17N3O3. The van der Waals surface area contributed by atoms with Crippen molar-refractivity contribution < 1.29 is 14.3 Å². The molecule has 2 N–H and O–H groups in total. The Hall–Kier alpha value is -3.41. The molecule has 2 aromatic carbocycles. The molecule has 3 aromatic rings. The van der Waals surface area contributed by atoms with E-state index in [-0.39, 0.29) is 11.9 Å².